The lowest BCUT2D eigenvalue weighted by atomic mass is 9.95. The molecule has 3 rings (SSSR count). The van der Waals surface area contributed by atoms with Gasteiger partial charge in [-0.2, -0.15) is 0 Å². The third kappa shape index (κ3) is 4.96. The molecule has 0 heterocycles. The number of nitrogens with one attached hydrogen (secondary N) is 2. The van der Waals surface area contributed by atoms with Crippen LogP contribution >= 0.6 is 0 Å². The minimum atomic E-state index is -0.530. The molecule has 166 valence electrons. The van der Waals surface area contributed by atoms with Gasteiger partial charge in [0.25, 0.3) is 5.91 Å². The van der Waals surface area contributed by atoms with Crippen LogP contribution in [0.3, 0.4) is 0 Å². The maximum atomic E-state index is 14.4. The fourth-order valence-corrected chi connectivity index (χ4v) is 4.17. The van der Waals surface area contributed by atoms with Gasteiger partial charge in [0.1, 0.15) is 5.82 Å². The number of halogens is 1. The maximum absolute atomic E-state index is 14.4. The molecule has 1 fully saturated rings. The molecule has 0 bridgehead atoms. The summed E-state index contributed by atoms with van der Waals surface area (Å²) in [5.41, 5.74) is 2.83. The highest BCUT2D eigenvalue weighted by molar-refractivity contribution is 5.94. The van der Waals surface area contributed by atoms with E-state index in [1.807, 2.05) is 44.1 Å². The Morgan fingerprint density at radius 3 is 2.52 bits per heavy atom. The molecule has 31 heavy (non-hydrogen) atoms. The molecule has 2 amide bonds. The van der Waals surface area contributed by atoms with Crippen LogP contribution in [0.25, 0.3) is 0 Å². The van der Waals surface area contributed by atoms with Crippen molar-refractivity contribution in [3.05, 3.63) is 70.5 Å². The Hall–Kier alpha value is -2.73. The fourth-order valence-electron chi connectivity index (χ4n) is 4.17. The van der Waals surface area contributed by atoms with Crippen molar-refractivity contribution in [2.45, 2.75) is 38.1 Å². The quantitative estimate of drug-likeness (QED) is 0.683. The number of hydrogen-bond acceptors (Lipinski definition) is 3. The van der Waals surface area contributed by atoms with Crippen molar-refractivity contribution in [1.82, 2.24) is 15.5 Å². The molecule has 2 aromatic rings. The molecule has 0 aliphatic heterocycles. The lowest BCUT2D eigenvalue weighted by Gasteiger charge is -2.26. The Labute approximate surface area is 184 Å². The predicted molar refractivity (Wildman–Crippen MR) is 121 cm³/mol. The zero-order valence-electron chi connectivity index (χ0n) is 19.0. The van der Waals surface area contributed by atoms with Gasteiger partial charge in [0.2, 0.25) is 5.91 Å². The first-order valence-electron chi connectivity index (χ1n) is 10.7. The number of rotatable bonds is 8. The van der Waals surface area contributed by atoms with Gasteiger partial charge in [0.05, 0.1) is 5.56 Å². The molecule has 1 aliphatic rings. The average molecular weight is 426 g/mol. The summed E-state index contributed by atoms with van der Waals surface area (Å²) in [5, 5.41) is 5.57. The lowest BCUT2D eigenvalue weighted by molar-refractivity contribution is -0.122. The Balaban J connectivity index is 1.64. The highest BCUT2D eigenvalue weighted by Crippen LogP contribution is 2.53. The van der Waals surface area contributed by atoms with Crippen molar-refractivity contribution in [1.29, 1.82) is 0 Å². The third-order valence-electron chi connectivity index (χ3n) is 6.58. The summed E-state index contributed by atoms with van der Waals surface area (Å²) in [7, 11) is 5.39. The first-order chi connectivity index (χ1) is 14.7. The first kappa shape index (κ1) is 22.9. The topological polar surface area (TPSA) is 61.4 Å². The van der Waals surface area contributed by atoms with E-state index in [-0.39, 0.29) is 28.8 Å². The molecule has 1 unspecified atom stereocenters. The molecule has 2 N–H and O–H groups in total. The minimum Gasteiger partial charge on any atom is -0.355 e. The molecule has 0 radical (unpaired) electrons. The molecular formula is C25H32FN3O2. The average Bonchev–Trinajstić information content (AvgIpc) is 3.45. The van der Waals surface area contributed by atoms with E-state index in [0.29, 0.717) is 13.0 Å². The lowest BCUT2D eigenvalue weighted by Crippen LogP contribution is -2.42. The van der Waals surface area contributed by atoms with Gasteiger partial charge in [-0.05, 0) is 62.7 Å². The van der Waals surface area contributed by atoms with E-state index >= 15 is 0 Å². The number of hydrogen-bond donors (Lipinski definition) is 2. The first-order valence-corrected chi connectivity index (χ1v) is 10.7. The maximum Gasteiger partial charge on any atom is 0.254 e. The van der Waals surface area contributed by atoms with Gasteiger partial charge in [-0.1, -0.05) is 37.3 Å². The van der Waals surface area contributed by atoms with Gasteiger partial charge in [-0.3, -0.25) is 9.59 Å². The van der Waals surface area contributed by atoms with Crippen LogP contribution in [-0.2, 0) is 16.6 Å². The summed E-state index contributed by atoms with van der Waals surface area (Å²) in [6, 6.07) is 13.2. The third-order valence-corrected chi connectivity index (χ3v) is 6.58. The van der Waals surface area contributed by atoms with E-state index in [1.54, 1.807) is 6.07 Å². The van der Waals surface area contributed by atoms with Crippen LogP contribution < -0.4 is 10.6 Å². The molecule has 1 saturated carbocycles. The molecule has 1 aliphatic carbocycles. The largest absolute Gasteiger partial charge is 0.355 e. The number of benzene rings is 2. The van der Waals surface area contributed by atoms with Crippen LogP contribution in [0.4, 0.5) is 4.39 Å². The Bertz CT molecular complexity index is 961. The summed E-state index contributed by atoms with van der Waals surface area (Å²) >= 11 is 0. The second-order valence-electron chi connectivity index (χ2n) is 8.94. The smallest absolute Gasteiger partial charge is 0.254 e. The van der Waals surface area contributed by atoms with Gasteiger partial charge >= 0.3 is 0 Å². The Kier molecular flexibility index (Phi) is 6.80. The van der Waals surface area contributed by atoms with E-state index in [4.69, 9.17) is 0 Å². The van der Waals surface area contributed by atoms with E-state index < -0.39 is 11.7 Å². The summed E-state index contributed by atoms with van der Waals surface area (Å²) in [5.74, 6) is -0.924. The molecule has 0 saturated heterocycles. The Morgan fingerprint density at radius 2 is 1.90 bits per heavy atom. The summed E-state index contributed by atoms with van der Waals surface area (Å²) in [4.78, 5) is 26.7. The van der Waals surface area contributed by atoms with Crippen molar-refractivity contribution < 1.29 is 14.0 Å². The van der Waals surface area contributed by atoms with Crippen molar-refractivity contribution in [2.24, 2.45) is 5.92 Å². The van der Waals surface area contributed by atoms with Gasteiger partial charge < -0.3 is 15.5 Å². The van der Waals surface area contributed by atoms with Crippen LogP contribution in [0.2, 0.25) is 0 Å². The van der Waals surface area contributed by atoms with Crippen LogP contribution in [0.15, 0.2) is 42.5 Å². The summed E-state index contributed by atoms with van der Waals surface area (Å²) in [6.45, 7) is 4.49. The number of carbonyl (C=O) groups is 2. The minimum absolute atomic E-state index is 0.00892. The molecular weight excluding hydrogens is 393 g/mol. The summed E-state index contributed by atoms with van der Waals surface area (Å²) in [6.07, 6.45) is 1.42. The summed E-state index contributed by atoms with van der Waals surface area (Å²) < 4.78 is 14.4. The molecule has 0 spiro atoms. The zero-order valence-corrected chi connectivity index (χ0v) is 19.0. The number of amides is 2. The number of carbonyl (C=O) groups excluding carboxylic acids is 2. The number of likely N-dealkylation sites (N-methyl/N-ethyl adjacent to an activating group) is 1. The highest BCUT2D eigenvalue weighted by Gasteiger charge is 2.55. The van der Waals surface area contributed by atoms with Crippen LogP contribution in [0.5, 0.6) is 0 Å². The van der Waals surface area contributed by atoms with E-state index in [2.05, 4.69) is 29.7 Å². The SMILES string of the molecule is CNC(=O)c1cc(C)c(CC(CNC(=O)[C@@H]2C[C@]2(C)c2ccccc2)N(C)C)cc1F. The van der Waals surface area contributed by atoms with E-state index in [1.165, 1.54) is 18.7 Å². The molecule has 3 atom stereocenters. The van der Waals surface area contributed by atoms with Crippen molar-refractivity contribution in [3.8, 4) is 0 Å². The zero-order chi connectivity index (χ0) is 22.8. The normalized spacial score (nSPS) is 20.9. The molecule has 2 aromatic carbocycles. The monoisotopic (exact) mass is 425 g/mol. The van der Waals surface area contributed by atoms with Crippen LogP contribution in [0.1, 0.15) is 40.4 Å². The van der Waals surface area contributed by atoms with E-state index in [9.17, 15) is 14.0 Å². The van der Waals surface area contributed by atoms with Crippen molar-refractivity contribution in [2.75, 3.05) is 27.7 Å². The second-order valence-corrected chi connectivity index (χ2v) is 8.94. The van der Waals surface area contributed by atoms with E-state index in [0.717, 1.165) is 17.5 Å². The predicted octanol–water partition coefficient (Wildman–Crippen LogP) is 3.06. The molecule has 6 heteroatoms. The van der Waals surface area contributed by atoms with Gasteiger partial charge in [-0.25, -0.2) is 4.39 Å². The number of aryl methyl sites for hydroxylation is 1. The van der Waals surface area contributed by atoms with Gasteiger partial charge in [0.15, 0.2) is 0 Å². The second kappa shape index (κ2) is 9.18. The van der Waals surface area contributed by atoms with Gasteiger partial charge in [-0.15, -0.1) is 0 Å². The molecule has 0 aromatic heterocycles. The van der Waals surface area contributed by atoms with Crippen LogP contribution in [0, 0.1) is 18.7 Å². The number of nitrogens with zero attached hydrogens (tertiary/aromatic N) is 1. The standard InChI is InChI=1S/C25H32FN3O2/c1-16-11-20(23(30)27-3)22(26)13-17(16)12-19(29(4)5)15-28-24(31)21-14-25(21,2)18-9-7-6-8-10-18/h6-11,13,19,21H,12,14-15H2,1-5H3,(H,27,30)(H,28,31)/t19?,21-,25+/m0/s1. The molecule has 5 nitrogen and oxygen atoms in total. The van der Waals surface area contributed by atoms with Crippen molar-refractivity contribution >= 4 is 11.8 Å². The van der Waals surface area contributed by atoms with Crippen LogP contribution in [-0.4, -0.2) is 50.4 Å². The van der Waals surface area contributed by atoms with Crippen molar-refractivity contribution in [3.63, 3.8) is 0 Å². The van der Waals surface area contributed by atoms with Gasteiger partial charge in [0, 0.05) is 31.0 Å². The fraction of sp³-hybridized carbons (Fsp3) is 0.440. The highest BCUT2D eigenvalue weighted by atomic mass is 19.1. The Morgan fingerprint density at radius 1 is 1.23 bits per heavy atom.